The molecule has 0 unspecified atom stereocenters. The molecule has 0 aromatic rings. The number of hydrogen-bond acceptors (Lipinski definition) is 0. The Morgan fingerprint density at radius 2 is 0.630 bits per heavy atom. The molecule has 0 aromatic carbocycles. The Balaban J connectivity index is 3.07. The Bertz CT molecular complexity index is 264. The lowest BCUT2D eigenvalue weighted by Crippen LogP contribution is -2.03. The van der Waals surface area contributed by atoms with E-state index in [0.717, 1.165) is 0 Å². The summed E-state index contributed by atoms with van der Waals surface area (Å²) in [5.74, 6) is 0. The molecule has 0 aliphatic carbocycles. The van der Waals surface area contributed by atoms with Crippen LogP contribution in [0.3, 0.4) is 0 Å². The van der Waals surface area contributed by atoms with Gasteiger partial charge in [0.1, 0.15) is 0 Å². The van der Waals surface area contributed by atoms with Crippen molar-refractivity contribution in [3.63, 3.8) is 0 Å². The van der Waals surface area contributed by atoms with Crippen molar-refractivity contribution in [1.29, 1.82) is 0 Å². The van der Waals surface area contributed by atoms with Gasteiger partial charge >= 0.3 is 0 Å². The molecule has 0 heterocycles. The summed E-state index contributed by atoms with van der Waals surface area (Å²) in [7, 11) is 1.24. The molecule has 0 aliphatic rings. The van der Waals surface area contributed by atoms with Crippen LogP contribution in [-0.4, -0.2) is 12.3 Å². The van der Waals surface area contributed by atoms with Crippen molar-refractivity contribution in [2.75, 3.05) is 12.3 Å². The maximum Gasteiger partial charge on any atom is -0.0353 e. The van der Waals surface area contributed by atoms with Gasteiger partial charge in [-0.15, -0.1) is 8.58 Å². The van der Waals surface area contributed by atoms with Gasteiger partial charge < -0.3 is 0 Å². The van der Waals surface area contributed by atoms with Crippen LogP contribution in [0.25, 0.3) is 0 Å². The Labute approximate surface area is 176 Å². The quantitative estimate of drug-likeness (QED) is 0.159. The SMILES string of the molecule is CC(C)(C)CCCCCCCCCPCCCCCCCCCC(C)(C)C. The van der Waals surface area contributed by atoms with E-state index in [4.69, 9.17) is 0 Å². The average molecular weight is 399 g/mol. The Hall–Kier alpha value is 0.430. The summed E-state index contributed by atoms with van der Waals surface area (Å²) >= 11 is 0. The first-order valence-corrected chi connectivity index (χ1v) is 13.8. The minimum atomic E-state index is 0.535. The lowest BCUT2D eigenvalue weighted by atomic mass is 9.89. The third-order valence-corrected chi connectivity index (χ3v) is 6.97. The number of unbranched alkanes of at least 4 members (excludes halogenated alkanes) is 12. The van der Waals surface area contributed by atoms with Crippen LogP contribution in [-0.2, 0) is 0 Å². The second-order valence-corrected chi connectivity index (χ2v) is 12.8. The zero-order chi connectivity index (χ0) is 20.4. The van der Waals surface area contributed by atoms with Crippen LogP contribution in [0.15, 0.2) is 0 Å². The van der Waals surface area contributed by atoms with E-state index in [0.29, 0.717) is 10.8 Å². The van der Waals surface area contributed by atoms with Crippen molar-refractivity contribution >= 4 is 8.58 Å². The minimum absolute atomic E-state index is 0.535. The molecule has 0 aromatic heterocycles. The molecule has 0 spiro atoms. The van der Waals surface area contributed by atoms with Crippen LogP contribution in [0.2, 0.25) is 0 Å². The number of rotatable bonds is 18. The fourth-order valence-corrected chi connectivity index (χ4v) is 4.95. The predicted octanol–water partition coefficient (Wildman–Crippen LogP) is 10.00. The molecule has 1 heteroatoms. The Morgan fingerprint density at radius 3 is 0.926 bits per heavy atom. The maximum absolute atomic E-state index is 2.36. The molecule has 0 amide bonds. The van der Waals surface area contributed by atoms with E-state index in [1.165, 1.54) is 124 Å². The van der Waals surface area contributed by atoms with Gasteiger partial charge in [-0.05, 0) is 48.8 Å². The Morgan fingerprint density at radius 1 is 0.370 bits per heavy atom. The highest BCUT2D eigenvalue weighted by Crippen LogP contribution is 2.24. The first-order chi connectivity index (χ1) is 12.7. The number of hydrogen-bond donors (Lipinski definition) is 0. The van der Waals surface area contributed by atoms with E-state index in [9.17, 15) is 0 Å². The zero-order valence-electron chi connectivity index (χ0n) is 20.2. The molecular formula is C26H55P. The first kappa shape index (κ1) is 27.4. The van der Waals surface area contributed by atoms with E-state index < -0.39 is 0 Å². The smallest absolute Gasteiger partial charge is 0.0353 e. The van der Waals surface area contributed by atoms with E-state index in [1.54, 1.807) is 0 Å². The van der Waals surface area contributed by atoms with Gasteiger partial charge in [-0.25, -0.2) is 0 Å². The fraction of sp³-hybridized carbons (Fsp3) is 1.00. The van der Waals surface area contributed by atoms with Gasteiger partial charge in [-0.1, -0.05) is 119 Å². The second-order valence-electron chi connectivity index (χ2n) is 11.3. The zero-order valence-corrected chi connectivity index (χ0v) is 21.2. The second kappa shape index (κ2) is 17.3. The van der Waals surface area contributed by atoms with Gasteiger partial charge in [0, 0.05) is 0 Å². The van der Waals surface area contributed by atoms with Gasteiger partial charge in [-0.3, -0.25) is 0 Å². The molecule has 0 fully saturated rings. The van der Waals surface area contributed by atoms with Crippen molar-refractivity contribution in [2.24, 2.45) is 10.8 Å². The van der Waals surface area contributed by atoms with Crippen molar-refractivity contribution < 1.29 is 0 Å². The minimum Gasteiger partial charge on any atom is -0.122 e. The third-order valence-electron chi connectivity index (χ3n) is 5.56. The standard InChI is InChI=1S/C26H55P/c1-25(2,3)21-17-13-9-7-11-15-19-23-27-24-20-16-12-8-10-14-18-22-26(4,5)6/h27H,7-24H2,1-6H3. The lowest BCUT2D eigenvalue weighted by Gasteiger charge is -2.17. The van der Waals surface area contributed by atoms with Gasteiger partial charge in [0.05, 0.1) is 0 Å². The summed E-state index contributed by atoms with van der Waals surface area (Å²) in [4.78, 5) is 0. The molecule has 0 aliphatic heterocycles. The summed E-state index contributed by atoms with van der Waals surface area (Å²) in [6.45, 7) is 14.2. The monoisotopic (exact) mass is 398 g/mol. The molecule has 164 valence electrons. The molecule has 0 rings (SSSR count). The molecule has 0 saturated heterocycles. The van der Waals surface area contributed by atoms with E-state index in [2.05, 4.69) is 41.5 Å². The predicted molar refractivity (Wildman–Crippen MR) is 131 cm³/mol. The first-order valence-electron chi connectivity index (χ1n) is 12.4. The molecule has 0 radical (unpaired) electrons. The summed E-state index contributed by atoms with van der Waals surface area (Å²) < 4.78 is 0. The van der Waals surface area contributed by atoms with Crippen LogP contribution in [0, 0.1) is 10.8 Å². The third kappa shape index (κ3) is 26.4. The highest BCUT2D eigenvalue weighted by molar-refractivity contribution is 7.37. The summed E-state index contributed by atoms with van der Waals surface area (Å²) in [5.41, 5.74) is 1.07. The molecule has 0 saturated carbocycles. The van der Waals surface area contributed by atoms with E-state index in [-0.39, 0.29) is 0 Å². The van der Waals surface area contributed by atoms with Gasteiger partial charge in [0.25, 0.3) is 0 Å². The van der Waals surface area contributed by atoms with Crippen molar-refractivity contribution in [1.82, 2.24) is 0 Å². The summed E-state index contributed by atoms with van der Waals surface area (Å²) in [5, 5.41) is 0. The normalized spacial score (nSPS) is 12.7. The molecule has 0 nitrogen and oxygen atoms in total. The van der Waals surface area contributed by atoms with Crippen LogP contribution in [0.1, 0.15) is 144 Å². The van der Waals surface area contributed by atoms with Crippen molar-refractivity contribution in [2.45, 2.75) is 144 Å². The molecule has 0 N–H and O–H groups in total. The highest BCUT2D eigenvalue weighted by Gasteiger charge is 2.09. The van der Waals surface area contributed by atoms with Crippen LogP contribution in [0.5, 0.6) is 0 Å². The van der Waals surface area contributed by atoms with Gasteiger partial charge in [0.2, 0.25) is 0 Å². The summed E-state index contributed by atoms with van der Waals surface area (Å²) in [6.07, 6.45) is 26.4. The van der Waals surface area contributed by atoms with Crippen molar-refractivity contribution in [3.8, 4) is 0 Å². The van der Waals surface area contributed by atoms with E-state index in [1.807, 2.05) is 0 Å². The van der Waals surface area contributed by atoms with Gasteiger partial charge in [-0.2, -0.15) is 0 Å². The van der Waals surface area contributed by atoms with Crippen LogP contribution in [0.4, 0.5) is 0 Å². The van der Waals surface area contributed by atoms with Crippen LogP contribution < -0.4 is 0 Å². The molecular weight excluding hydrogens is 343 g/mol. The lowest BCUT2D eigenvalue weighted by molar-refractivity contribution is 0.356. The highest BCUT2D eigenvalue weighted by atomic mass is 31.1. The molecule has 0 bridgehead atoms. The van der Waals surface area contributed by atoms with Crippen molar-refractivity contribution in [3.05, 3.63) is 0 Å². The molecule has 0 atom stereocenters. The largest absolute Gasteiger partial charge is 0.122 e. The molecule has 27 heavy (non-hydrogen) atoms. The fourth-order valence-electron chi connectivity index (χ4n) is 3.70. The van der Waals surface area contributed by atoms with Gasteiger partial charge in [0.15, 0.2) is 0 Å². The Kier molecular flexibility index (Phi) is 17.6. The average Bonchev–Trinajstić information content (AvgIpc) is 2.55. The van der Waals surface area contributed by atoms with E-state index >= 15 is 0 Å². The van der Waals surface area contributed by atoms with Crippen LogP contribution >= 0.6 is 8.58 Å². The maximum atomic E-state index is 2.36. The topological polar surface area (TPSA) is 0 Å². The summed E-state index contributed by atoms with van der Waals surface area (Å²) in [6, 6.07) is 0.